The summed E-state index contributed by atoms with van der Waals surface area (Å²) in [5.74, 6) is -24.0. The molecule has 0 radical (unpaired) electrons. The standard InChI is InChI=1S/C24H8BF12.C7H16N/c26-13-1-9(2-14(27)21(13)34)25(10-3-15(28)22(35)16(29)4-10,11-5-17(30)23(36)18(31)6-11)12-7-19(32)24(37)20(33)8-12;1-8(2)6-4-3-5-7-8/h1-8H;3-7H2,1-2H3/q-1;+1. The van der Waals surface area contributed by atoms with Crippen LogP contribution in [0.5, 0.6) is 0 Å². The average Bonchev–Trinajstić information content (AvgIpc) is 2.96. The number of piperidine rings is 1. The normalized spacial score (nSPS) is 14.6. The zero-order valence-electron chi connectivity index (χ0n) is 23.7. The first kappa shape index (κ1) is 33.9. The Labute approximate surface area is 250 Å². The maximum Gasteiger partial charge on any atom is 0.194 e. The van der Waals surface area contributed by atoms with Gasteiger partial charge in [0.1, 0.15) is 6.15 Å². The largest absolute Gasteiger partial charge is 0.328 e. The third-order valence-corrected chi connectivity index (χ3v) is 8.05. The fourth-order valence-electron chi connectivity index (χ4n) is 5.82. The van der Waals surface area contributed by atoms with Crippen LogP contribution in [0, 0.1) is 69.8 Å². The molecule has 0 bridgehead atoms. The molecule has 1 heterocycles. The van der Waals surface area contributed by atoms with Crippen LogP contribution in [0.15, 0.2) is 48.5 Å². The van der Waals surface area contributed by atoms with E-state index in [0.717, 1.165) is 0 Å². The Morgan fingerprint density at radius 1 is 0.378 bits per heavy atom. The van der Waals surface area contributed by atoms with Gasteiger partial charge in [0.15, 0.2) is 69.8 Å². The van der Waals surface area contributed by atoms with E-state index in [-0.39, 0.29) is 48.5 Å². The molecule has 45 heavy (non-hydrogen) atoms. The Bertz CT molecular complexity index is 1420. The second-order valence-electron chi connectivity index (χ2n) is 11.5. The smallest absolute Gasteiger partial charge is 0.194 e. The quantitative estimate of drug-likeness (QED) is 0.111. The molecule has 1 fully saturated rings. The summed E-state index contributed by atoms with van der Waals surface area (Å²) in [7, 11) is 4.64. The highest BCUT2D eigenvalue weighted by Crippen LogP contribution is 2.21. The van der Waals surface area contributed by atoms with Crippen molar-refractivity contribution in [2.24, 2.45) is 0 Å². The molecule has 1 aliphatic rings. The van der Waals surface area contributed by atoms with Gasteiger partial charge in [0.25, 0.3) is 0 Å². The van der Waals surface area contributed by atoms with Crippen molar-refractivity contribution >= 4 is 28.0 Å². The van der Waals surface area contributed by atoms with E-state index in [0.29, 0.717) is 0 Å². The monoisotopic (exact) mass is 649 g/mol. The van der Waals surface area contributed by atoms with Crippen molar-refractivity contribution in [2.75, 3.05) is 27.2 Å². The van der Waals surface area contributed by atoms with Crippen LogP contribution in [0.25, 0.3) is 0 Å². The molecular formula is C31H24BF12N. The third-order valence-electron chi connectivity index (χ3n) is 8.05. The zero-order valence-corrected chi connectivity index (χ0v) is 23.7. The van der Waals surface area contributed by atoms with E-state index in [2.05, 4.69) is 14.1 Å². The molecule has 240 valence electrons. The number of nitrogens with zero attached hydrogens (tertiary/aromatic N) is 1. The number of benzene rings is 4. The Morgan fingerprint density at radius 2 is 0.578 bits per heavy atom. The highest BCUT2D eigenvalue weighted by Gasteiger charge is 2.37. The Hall–Kier alpha value is -3.94. The average molecular weight is 649 g/mol. The summed E-state index contributed by atoms with van der Waals surface area (Å²) in [6.07, 6.45) is 0.322. The van der Waals surface area contributed by atoms with Gasteiger partial charge < -0.3 is 4.48 Å². The summed E-state index contributed by atoms with van der Waals surface area (Å²) < 4.78 is 171. The lowest BCUT2D eigenvalue weighted by Gasteiger charge is -2.44. The van der Waals surface area contributed by atoms with Crippen molar-refractivity contribution in [3.63, 3.8) is 0 Å². The molecule has 4 aromatic rings. The first-order valence-corrected chi connectivity index (χ1v) is 13.6. The van der Waals surface area contributed by atoms with Crippen molar-refractivity contribution < 1.29 is 57.2 Å². The summed E-state index contributed by atoms with van der Waals surface area (Å²) >= 11 is 0. The lowest BCUT2D eigenvalue weighted by Crippen LogP contribution is -2.75. The molecule has 5 rings (SSSR count). The first-order valence-electron chi connectivity index (χ1n) is 13.6. The van der Waals surface area contributed by atoms with Crippen LogP contribution in [0.3, 0.4) is 0 Å². The summed E-state index contributed by atoms with van der Waals surface area (Å²) in [4.78, 5) is 0. The van der Waals surface area contributed by atoms with Gasteiger partial charge in [-0.3, -0.25) is 0 Å². The van der Waals surface area contributed by atoms with E-state index in [1.165, 1.54) is 36.8 Å². The van der Waals surface area contributed by atoms with E-state index in [9.17, 15) is 52.7 Å². The number of quaternary nitrogens is 1. The van der Waals surface area contributed by atoms with Gasteiger partial charge in [0.2, 0.25) is 0 Å². The van der Waals surface area contributed by atoms with E-state index >= 15 is 0 Å². The molecule has 14 heteroatoms. The van der Waals surface area contributed by atoms with Crippen molar-refractivity contribution in [1.82, 2.24) is 0 Å². The fourth-order valence-corrected chi connectivity index (χ4v) is 5.82. The van der Waals surface area contributed by atoms with Gasteiger partial charge in [-0.05, 0) is 19.3 Å². The highest BCUT2D eigenvalue weighted by molar-refractivity contribution is 7.19. The second-order valence-corrected chi connectivity index (χ2v) is 11.5. The Morgan fingerprint density at radius 3 is 0.733 bits per heavy atom. The van der Waals surface area contributed by atoms with Crippen LogP contribution in [0.2, 0.25) is 0 Å². The van der Waals surface area contributed by atoms with Gasteiger partial charge in [-0.25, -0.2) is 52.7 Å². The molecule has 0 aliphatic carbocycles. The van der Waals surface area contributed by atoms with Gasteiger partial charge >= 0.3 is 0 Å². The molecule has 1 nitrogen and oxygen atoms in total. The molecule has 1 saturated heterocycles. The van der Waals surface area contributed by atoms with Gasteiger partial charge in [-0.2, -0.15) is 21.9 Å². The molecule has 0 amide bonds. The molecule has 0 N–H and O–H groups in total. The summed E-state index contributed by atoms with van der Waals surface area (Å²) in [5, 5.41) is 0. The molecule has 0 spiro atoms. The molecule has 4 aromatic carbocycles. The van der Waals surface area contributed by atoms with Crippen LogP contribution in [-0.4, -0.2) is 37.8 Å². The molecule has 0 saturated carbocycles. The van der Waals surface area contributed by atoms with Gasteiger partial charge in [0, 0.05) is 0 Å². The highest BCUT2D eigenvalue weighted by atomic mass is 19.2. The van der Waals surface area contributed by atoms with Crippen LogP contribution in [0.4, 0.5) is 52.7 Å². The van der Waals surface area contributed by atoms with Crippen molar-refractivity contribution in [3.05, 3.63) is 118 Å². The van der Waals surface area contributed by atoms with Gasteiger partial charge in [0.05, 0.1) is 27.2 Å². The minimum Gasteiger partial charge on any atom is -0.328 e. The minimum absolute atomic E-state index is 0.177. The summed E-state index contributed by atoms with van der Waals surface area (Å²) in [6.45, 7) is 2.78. The van der Waals surface area contributed by atoms with Crippen LogP contribution in [-0.2, 0) is 0 Å². The van der Waals surface area contributed by atoms with E-state index in [1.807, 2.05) is 0 Å². The number of likely N-dealkylation sites (tertiary alicyclic amines) is 1. The zero-order chi connectivity index (χ0) is 33.4. The van der Waals surface area contributed by atoms with Crippen LogP contribution < -0.4 is 21.9 Å². The van der Waals surface area contributed by atoms with Crippen LogP contribution >= 0.6 is 0 Å². The Kier molecular flexibility index (Phi) is 9.67. The van der Waals surface area contributed by atoms with Crippen LogP contribution in [0.1, 0.15) is 19.3 Å². The van der Waals surface area contributed by atoms with Crippen molar-refractivity contribution in [1.29, 1.82) is 0 Å². The lowest BCUT2D eigenvalue weighted by atomic mass is 9.13. The predicted molar refractivity (Wildman–Crippen MR) is 145 cm³/mol. The summed E-state index contributed by atoms with van der Waals surface area (Å²) in [6, 6.07) is 1.41. The molecule has 0 aromatic heterocycles. The second kappa shape index (κ2) is 12.8. The van der Waals surface area contributed by atoms with Crippen molar-refractivity contribution in [3.8, 4) is 0 Å². The number of hydrogen-bond acceptors (Lipinski definition) is 0. The SMILES string of the molecule is C[N+]1(C)CCCCC1.Fc1cc([B-](c2cc(F)c(F)c(F)c2)(c2cc(F)c(F)c(F)c2)c2cc(F)c(F)c(F)c2)cc(F)c1F. The lowest BCUT2D eigenvalue weighted by molar-refractivity contribution is -0.894. The van der Waals surface area contributed by atoms with Crippen molar-refractivity contribution in [2.45, 2.75) is 19.3 Å². The summed E-state index contributed by atoms with van der Waals surface area (Å²) in [5.41, 5.74) is -3.79. The predicted octanol–water partition coefficient (Wildman–Crippen LogP) is 5.98. The Balaban J connectivity index is 0.000000501. The maximum absolute atomic E-state index is 14.4. The molecule has 0 atom stereocenters. The molecule has 0 unspecified atom stereocenters. The van der Waals surface area contributed by atoms with E-state index < -0.39 is 97.8 Å². The fraction of sp³-hybridized carbons (Fsp3) is 0.226. The minimum atomic E-state index is -4.01. The number of halogens is 12. The van der Waals surface area contributed by atoms with Gasteiger partial charge in [-0.15, -0.1) is 0 Å². The van der Waals surface area contributed by atoms with E-state index in [4.69, 9.17) is 0 Å². The molecular weight excluding hydrogens is 625 g/mol. The first-order chi connectivity index (χ1) is 21.0. The number of hydrogen-bond donors (Lipinski definition) is 0. The van der Waals surface area contributed by atoms with Gasteiger partial charge in [-0.1, -0.05) is 48.5 Å². The molecule has 1 aliphatic heterocycles. The maximum atomic E-state index is 14.4. The number of rotatable bonds is 4. The van der Waals surface area contributed by atoms with E-state index in [1.54, 1.807) is 0 Å². The third kappa shape index (κ3) is 6.56. The topological polar surface area (TPSA) is 0 Å².